The first-order valence-corrected chi connectivity index (χ1v) is 9.11. The number of amides is 1. The van der Waals surface area contributed by atoms with Gasteiger partial charge in [0.25, 0.3) is 5.91 Å². The largest absolute Gasteiger partial charge is 0.338 e. The first-order chi connectivity index (χ1) is 13.5. The summed E-state index contributed by atoms with van der Waals surface area (Å²) in [6.07, 6.45) is 6.82. The molecule has 1 aromatic carbocycles. The summed E-state index contributed by atoms with van der Waals surface area (Å²) in [5.41, 5.74) is -0.498. The number of benzene rings is 1. The molecule has 1 aliphatic heterocycles. The number of aromatic nitrogens is 5. The van der Waals surface area contributed by atoms with E-state index in [1.54, 1.807) is 12.5 Å². The maximum Gasteiger partial charge on any atom is 0.259 e. The highest BCUT2D eigenvalue weighted by Crippen LogP contribution is 2.27. The van der Waals surface area contributed by atoms with Gasteiger partial charge in [-0.15, -0.1) is 10.2 Å². The molecule has 0 N–H and O–H groups in total. The Morgan fingerprint density at radius 1 is 1.25 bits per heavy atom. The van der Waals surface area contributed by atoms with Gasteiger partial charge in [0.15, 0.2) is 5.82 Å². The molecule has 3 heterocycles. The van der Waals surface area contributed by atoms with Gasteiger partial charge in [0, 0.05) is 38.4 Å². The summed E-state index contributed by atoms with van der Waals surface area (Å²) in [5, 5.41) is 8.58. The molecule has 1 atom stereocenters. The van der Waals surface area contributed by atoms with Gasteiger partial charge < -0.3 is 14.0 Å². The van der Waals surface area contributed by atoms with Crippen LogP contribution in [-0.2, 0) is 13.6 Å². The molecule has 1 aliphatic rings. The van der Waals surface area contributed by atoms with Crippen molar-refractivity contribution in [1.82, 2.24) is 29.2 Å². The zero-order valence-electron chi connectivity index (χ0n) is 15.4. The van der Waals surface area contributed by atoms with Gasteiger partial charge in [0.1, 0.15) is 23.0 Å². The maximum absolute atomic E-state index is 14.0. The second kappa shape index (κ2) is 7.49. The number of carbonyl (C=O) groups excluding carboxylic acids is 1. The van der Waals surface area contributed by atoms with Gasteiger partial charge in [-0.25, -0.2) is 13.8 Å². The predicted octanol–water partition coefficient (Wildman–Crippen LogP) is 2.36. The third-order valence-corrected chi connectivity index (χ3v) is 5.13. The molecule has 0 saturated carbocycles. The molecule has 0 bridgehead atoms. The van der Waals surface area contributed by atoms with Crippen LogP contribution >= 0.6 is 0 Å². The quantitative estimate of drug-likeness (QED) is 0.690. The van der Waals surface area contributed by atoms with Crippen LogP contribution in [-0.4, -0.2) is 48.2 Å². The molecule has 9 heteroatoms. The summed E-state index contributed by atoms with van der Waals surface area (Å²) in [4.78, 5) is 18.2. The number of hydrogen-bond donors (Lipinski definition) is 0. The van der Waals surface area contributed by atoms with E-state index in [1.807, 2.05) is 22.4 Å². The number of rotatable bonds is 4. The van der Waals surface area contributed by atoms with Crippen molar-refractivity contribution in [3.8, 4) is 0 Å². The van der Waals surface area contributed by atoms with Crippen LogP contribution < -0.4 is 0 Å². The minimum absolute atomic E-state index is 0.0402. The third kappa shape index (κ3) is 3.39. The van der Waals surface area contributed by atoms with E-state index in [4.69, 9.17) is 0 Å². The van der Waals surface area contributed by atoms with Crippen molar-refractivity contribution in [1.29, 1.82) is 0 Å². The summed E-state index contributed by atoms with van der Waals surface area (Å²) >= 11 is 0. The van der Waals surface area contributed by atoms with Gasteiger partial charge >= 0.3 is 0 Å². The molecular formula is C19H20F2N6O. The summed E-state index contributed by atoms with van der Waals surface area (Å²) in [5.74, 6) is -0.803. The Balaban J connectivity index is 1.53. The van der Waals surface area contributed by atoms with Crippen molar-refractivity contribution in [3.63, 3.8) is 0 Å². The van der Waals surface area contributed by atoms with Gasteiger partial charge in [-0.05, 0) is 25.0 Å². The van der Waals surface area contributed by atoms with Crippen LogP contribution in [0.25, 0.3) is 0 Å². The molecule has 7 nitrogen and oxygen atoms in total. The Labute approximate surface area is 160 Å². The highest BCUT2D eigenvalue weighted by atomic mass is 19.1. The standard InChI is InChI=1S/C19H20F2N6O/c1-25-16(11-26-9-7-22-12-26)23-24-18(25)13-4-3-8-27(10-13)19(28)17-14(20)5-2-6-15(17)21/h2,5-7,9,12-13H,3-4,8,10-11H2,1H3/t13-/m0/s1. The Kier molecular flexibility index (Phi) is 4.89. The number of piperidine rings is 1. The lowest BCUT2D eigenvalue weighted by atomic mass is 9.96. The Bertz CT molecular complexity index is 964. The third-order valence-electron chi connectivity index (χ3n) is 5.13. The molecule has 3 aromatic rings. The number of imidazole rings is 1. The fourth-order valence-corrected chi connectivity index (χ4v) is 3.64. The van der Waals surface area contributed by atoms with E-state index < -0.39 is 23.1 Å². The van der Waals surface area contributed by atoms with Crippen LogP contribution in [0.5, 0.6) is 0 Å². The lowest BCUT2D eigenvalue weighted by Crippen LogP contribution is -2.40. The van der Waals surface area contributed by atoms with E-state index in [1.165, 1.54) is 11.0 Å². The fourth-order valence-electron chi connectivity index (χ4n) is 3.64. The van der Waals surface area contributed by atoms with Crippen molar-refractivity contribution in [2.75, 3.05) is 13.1 Å². The number of hydrogen-bond acceptors (Lipinski definition) is 4. The maximum atomic E-state index is 14.0. The van der Waals surface area contributed by atoms with Crippen LogP contribution in [0.3, 0.4) is 0 Å². The smallest absolute Gasteiger partial charge is 0.259 e. The summed E-state index contributed by atoms with van der Waals surface area (Å²) in [7, 11) is 1.89. The molecule has 1 amide bonds. The monoisotopic (exact) mass is 386 g/mol. The van der Waals surface area contributed by atoms with Crippen molar-refractivity contribution in [2.24, 2.45) is 7.05 Å². The zero-order chi connectivity index (χ0) is 19.7. The second-order valence-corrected chi connectivity index (χ2v) is 6.96. The summed E-state index contributed by atoms with van der Waals surface area (Å²) in [6.45, 7) is 1.35. The van der Waals surface area contributed by atoms with Crippen LogP contribution in [0.1, 0.15) is 40.8 Å². The van der Waals surface area contributed by atoms with Crippen LogP contribution in [0.4, 0.5) is 8.78 Å². The summed E-state index contributed by atoms with van der Waals surface area (Å²) in [6, 6.07) is 3.45. The summed E-state index contributed by atoms with van der Waals surface area (Å²) < 4.78 is 31.8. The van der Waals surface area contributed by atoms with Crippen molar-refractivity contribution >= 4 is 5.91 Å². The predicted molar refractivity (Wildman–Crippen MR) is 96.6 cm³/mol. The minimum atomic E-state index is -0.839. The van der Waals surface area contributed by atoms with Crippen LogP contribution in [0.2, 0.25) is 0 Å². The first kappa shape index (κ1) is 18.3. The fraction of sp³-hybridized carbons (Fsp3) is 0.368. The Hall–Kier alpha value is -3.10. The van der Waals surface area contributed by atoms with Crippen molar-refractivity contribution < 1.29 is 13.6 Å². The Morgan fingerprint density at radius 2 is 2.04 bits per heavy atom. The van der Waals surface area contributed by atoms with Crippen LogP contribution in [0.15, 0.2) is 36.9 Å². The number of halogens is 2. The van der Waals surface area contributed by atoms with Crippen molar-refractivity contribution in [3.05, 3.63) is 65.8 Å². The number of carbonyl (C=O) groups is 1. The Morgan fingerprint density at radius 3 is 2.75 bits per heavy atom. The molecule has 0 aliphatic carbocycles. The van der Waals surface area contributed by atoms with Gasteiger partial charge in [-0.1, -0.05) is 6.07 Å². The van der Waals surface area contributed by atoms with Crippen molar-refractivity contribution in [2.45, 2.75) is 25.3 Å². The zero-order valence-corrected chi connectivity index (χ0v) is 15.4. The molecule has 2 aromatic heterocycles. The average Bonchev–Trinajstić information content (AvgIpc) is 3.32. The van der Waals surface area contributed by atoms with Gasteiger partial charge in [-0.2, -0.15) is 0 Å². The molecular weight excluding hydrogens is 366 g/mol. The average molecular weight is 386 g/mol. The van der Waals surface area contributed by atoms with E-state index in [2.05, 4.69) is 15.2 Å². The highest BCUT2D eigenvalue weighted by molar-refractivity contribution is 5.94. The van der Waals surface area contributed by atoms with E-state index in [0.29, 0.717) is 19.6 Å². The molecule has 0 spiro atoms. The van der Waals surface area contributed by atoms with E-state index >= 15 is 0 Å². The van der Waals surface area contributed by atoms with Crippen LogP contribution in [0, 0.1) is 11.6 Å². The van der Waals surface area contributed by atoms with Gasteiger partial charge in [0.05, 0.1) is 12.9 Å². The lowest BCUT2D eigenvalue weighted by molar-refractivity contribution is 0.0693. The molecule has 146 valence electrons. The normalized spacial score (nSPS) is 17.1. The lowest BCUT2D eigenvalue weighted by Gasteiger charge is -2.32. The SMILES string of the molecule is Cn1c(Cn2ccnc2)nnc1[C@H]1CCCN(C(=O)c2c(F)cccc2F)C1. The number of likely N-dealkylation sites (tertiary alicyclic amines) is 1. The molecule has 0 unspecified atom stereocenters. The minimum Gasteiger partial charge on any atom is -0.338 e. The first-order valence-electron chi connectivity index (χ1n) is 9.11. The highest BCUT2D eigenvalue weighted by Gasteiger charge is 2.31. The van der Waals surface area contributed by atoms with Gasteiger partial charge in [-0.3, -0.25) is 4.79 Å². The molecule has 1 fully saturated rings. The number of nitrogens with zero attached hydrogens (tertiary/aromatic N) is 6. The second-order valence-electron chi connectivity index (χ2n) is 6.96. The molecule has 0 radical (unpaired) electrons. The van der Waals surface area contributed by atoms with E-state index in [0.717, 1.165) is 36.6 Å². The molecule has 1 saturated heterocycles. The van der Waals surface area contributed by atoms with Gasteiger partial charge in [0.2, 0.25) is 0 Å². The van der Waals surface area contributed by atoms with E-state index in [9.17, 15) is 13.6 Å². The topological polar surface area (TPSA) is 68.8 Å². The van der Waals surface area contributed by atoms with E-state index in [-0.39, 0.29) is 5.92 Å². The molecule has 4 rings (SSSR count). The molecule has 28 heavy (non-hydrogen) atoms.